The number of aliphatic hydroxyl groups excluding tert-OH is 1. The maximum absolute atomic E-state index is 12.1. The van der Waals surface area contributed by atoms with E-state index in [1.807, 2.05) is 0 Å². The monoisotopic (exact) mass is 417 g/mol. The lowest BCUT2D eigenvalue weighted by Gasteiger charge is -2.44. The predicted octanol–water partition coefficient (Wildman–Crippen LogP) is -0.743. The second-order valence-electron chi connectivity index (χ2n) is 8.12. The van der Waals surface area contributed by atoms with Crippen LogP contribution >= 0.6 is 0 Å². The van der Waals surface area contributed by atoms with E-state index in [-0.39, 0.29) is 12.1 Å². The summed E-state index contributed by atoms with van der Waals surface area (Å²) in [5.74, 6) is 0. The first-order valence-electron chi connectivity index (χ1n) is 10.8. The zero-order valence-electron chi connectivity index (χ0n) is 17.4. The number of carbonyl (C=O) groups is 1. The van der Waals surface area contributed by atoms with Gasteiger partial charge >= 0.3 is 6.09 Å². The average molecular weight is 418 g/mol. The highest BCUT2D eigenvalue weighted by Gasteiger charge is 2.46. The predicted molar refractivity (Wildman–Crippen MR) is 109 cm³/mol. The third-order valence-electron chi connectivity index (χ3n) is 5.66. The van der Waals surface area contributed by atoms with Crippen LogP contribution in [0.1, 0.15) is 51.9 Å². The van der Waals surface area contributed by atoms with Crippen molar-refractivity contribution < 1.29 is 24.1 Å². The average Bonchev–Trinajstić information content (AvgIpc) is 2.69. The normalized spacial score (nSPS) is 37.9. The van der Waals surface area contributed by atoms with Gasteiger partial charge in [-0.3, -0.25) is 0 Å². The molecule has 29 heavy (non-hydrogen) atoms. The van der Waals surface area contributed by atoms with Crippen LogP contribution in [-0.2, 0) is 14.2 Å². The Morgan fingerprint density at radius 2 is 1.83 bits per heavy atom. The van der Waals surface area contributed by atoms with E-state index in [1.165, 1.54) is 0 Å². The minimum Gasteiger partial charge on any atom is -0.442 e. The molecule has 0 spiro atoms. The van der Waals surface area contributed by atoms with Gasteiger partial charge in [0.2, 0.25) is 0 Å². The molecule has 1 aliphatic carbocycles. The van der Waals surface area contributed by atoms with Crippen molar-refractivity contribution in [3.8, 4) is 0 Å². The van der Waals surface area contributed by atoms with Crippen molar-refractivity contribution in [2.75, 3.05) is 13.1 Å². The fourth-order valence-electron chi connectivity index (χ4n) is 3.86. The Morgan fingerprint density at radius 3 is 2.52 bits per heavy atom. The lowest BCUT2D eigenvalue weighted by atomic mass is 9.84. The molecule has 1 aliphatic heterocycles. The van der Waals surface area contributed by atoms with Gasteiger partial charge in [0.1, 0.15) is 18.3 Å². The summed E-state index contributed by atoms with van der Waals surface area (Å²) in [6.07, 6.45) is 1.52. The number of nitrogens with two attached hydrogens (primary N) is 4. The number of rotatable bonds is 9. The number of aliphatic hydroxyl groups is 1. The molecule has 0 radical (unpaired) electrons. The number of amides is 1. The first kappa shape index (κ1) is 24.3. The number of nitrogens with one attached hydrogen (secondary N) is 1. The van der Waals surface area contributed by atoms with E-state index in [9.17, 15) is 9.90 Å². The highest BCUT2D eigenvalue weighted by atomic mass is 16.7. The number of alkyl carbamates (subject to hydrolysis) is 1. The molecule has 10 heteroatoms. The largest absolute Gasteiger partial charge is 0.442 e. The standard InChI is InChI=1S/C19H39N5O5/c1-2-3-4-5-8-24-19(26)29-17-14(23)9-13(22)16(15(17)25)28-18-12(21)7-6-11(10-20)27-18/h11-18,25H,2-10,20-23H2,1H3,(H,24,26)/t11-,12+,13-,14+,15-,16+,17-,18+/m0/s1. The van der Waals surface area contributed by atoms with E-state index < -0.39 is 42.8 Å². The maximum Gasteiger partial charge on any atom is 0.407 e. The van der Waals surface area contributed by atoms with Crippen LogP contribution in [0.5, 0.6) is 0 Å². The molecule has 0 aromatic rings. The van der Waals surface area contributed by atoms with Gasteiger partial charge in [-0.05, 0) is 25.7 Å². The SMILES string of the molecule is CCCCCCNC(=O)O[C@@H]1[C@@H](O)[C@H](O[C@H]2O[C@H](CN)CC[C@H]2N)[C@@H](N)C[C@H]1N. The minimum absolute atomic E-state index is 0.149. The van der Waals surface area contributed by atoms with Crippen LogP contribution in [0.4, 0.5) is 4.79 Å². The number of unbranched alkanes of at least 4 members (excludes halogenated alkanes) is 3. The Bertz CT molecular complexity index is 500. The highest BCUT2D eigenvalue weighted by Crippen LogP contribution is 2.27. The molecule has 170 valence electrons. The summed E-state index contributed by atoms with van der Waals surface area (Å²) in [6, 6.07) is -1.48. The summed E-state index contributed by atoms with van der Waals surface area (Å²) >= 11 is 0. The topological polar surface area (TPSA) is 181 Å². The second kappa shape index (κ2) is 12.0. The van der Waals surface area contributed by atoms with Crippen LogP contribution in [0.2, 0.25) is 0 Å². The minimum atomic E-state index is -1.19. The van der Waals surface area contributed by atoms with Crippen LogP contribution in [-0.4, -0.2) is 73.1 Å². The summed E-state index contributed by atoms with van der Waals surface area (Å²) in [5, 5.41) is 13.5. The first-order valence-corrected chi connectivity index (χ1v) is 10.8. The molecule has 0 bridgehead atoms. The van der Waals surface area contributed by atoms with E-state index in [4.69, 9.17) is 37.1 Å². The highest BCUT2D eigenvalue weighted by molar-refractivity contribution is 5.67. The van der Waals surface area contributed by atoms with Crippen molar-refractivity contribution in [3.63, 3.8) is 0 Å². The Balaban J connectivity index is 1.90. The van der Waals surface area contributed by atoms with Crippen molar-refractivity contribution in [3.05, 3.63) is 0 Å². The van der Waals surface area contributed by atoms with Gasteiger partial charge in [-0.1, -0.05) is 26.2 Å². The van der Waals surface area contributed by atoms with Crippen molar-refractivity contribution >= 4 is 6.09 Å². The van der Waals surface area contributed by atoms with Crippen LogP contribution < -0.4 is 28.3 Å². The third kappa shape index (κ3) is 7.02. The van der Waals surface area contributed by atoms with Crippen LogP contribution in [0, 0.1) is 0 Å². The van der Waals surface area contributed by atoms with Crippen molar-refractivity contribution in [1.82, 2.24) is 5.32 Å². The molecule has 0 aromatic carbocycles. The van der Waals surface area contributed by atoms with Gasteiger partial charge in [-0.2, -0.15) is 0 Å². The number of carbonyl (C=O) groups excluding carboxylic acids is 1. The fourth-order valence-corrected chi connectivity index (χ4v) is 3.86. The Hall–Kier alpha value is -1.01. The molecule has 0 aromatic heterocycles. The zero-order valence-corrected chi connectivity index (χ0v) is 17.4. The lowest BCUT2D eigenvalue weighted by molar-refractivity contribution is -0.251. The van der Waals surface area contributed by atoms with E-state index in [0.717, 1.165) is 32.1 Å². The van der Waals surface area contributed by atoms with Crippen molar-refractivity contribution in [1.29, 1.82) is 0 Å². The molecule has 1 heterocycles. The summed E-state index contributed by atoms with van der Waals surface area (Å²) < 4.78 is 17.1. The number of ether oxygens (including phenoxy) is 3. The van der Waals surface area contributed by atoms with Crippen LogP contribution in [0.3, 0.4) is 0 Å². The maximum atomic E-state index is 12.1. The Kier molecular flexibility index (Phi) is 10.0. The first-order chi connectivity index (χ1) is 13.9. The van der Waals surface area contributed by atoms with E-state index in [0.29, 0.717) is 25.9 Å². The summed E-state index contributed by atoms with van der Waals surface area (Å²) in [6.45, 7) is 3.00. The summed E-state index contributed by atoms with van der Waals surface area (Å²) in [5.41, 5.74) is 24.0. The van der Waals surface area contributed by atoms with E-state index in [1.54, 1.807) is 0 Å². The van der Waals surface area contributed by atoms with Gasteiger partial charge in [-0.25, -0.2) is 4.79 Å². The van der Waals surface area contributed by atoms with Gasteiger partial charge in [0.15, 0.2) is 6.29 Å². The molecule has 1 saturated carbocycles. The molecule has 0 unspecified atom stereocenters. The Morgan fingerprint density at radius 1 is 1.10 bits per heavy atom. The summed E-state index contributed by atoms with van der Waals surface area (Å²) in [4.78, 5) is 12.1. The quantitative estimate of drug-likeness (QED) is 0.263. The number of hydrogen-bond donors (Lipinski definition) is 6. The zero-order chi connectivity index (χ0) is 21.4. The van der Waals surface area contributed by atoms with Crippen molar-refractivity contribution in [2.24, 2.45) is 22.9 Å². The fraction of sp³-hybridized carbons (Fsp3) is 0.947. The molecule has 2 aliphatic rings. The smallest absolute Gasteiger partial charge is 0.407 e. The van der Waals surface area contributed by atoms with E-state index >= 15 is 0 Å². The van der Waals surface area contributed by atoms with Gasteiger partial charge in [0.25, 0.3) is 0 Å². The molecule has 10 N–H and O–H groups in total. The molecular weight excluding hydrogens is 378 g/mol. The van der Waals surface area contributed by atoms with Gasteiger partial charge < -0.3 is 47.6 Å². The molecule has 1 saturated heterocycles. The van der Waals surface area contributed by atoms with Gasteiger partial charge in [0, 0.05) is 25.2 Å². The van der Waals surface area contributed by atoms with Crippen LogP contribution in [0.15, 0.2) is 0 Å². The number of hydrogen-bond acceptors (Lipinski definition) is 9. The third-order valence-corrected chi connectivity index (χ3v) is 5.66. The molecule has 8 atom stereocenters. The Labute approximate surface area is 173 Å². The molecular formula is C19H39N5O5. The second-order valence-corrected chi connectivity index (χ2v) is 8.12. The van der Waals surface area contributed by atoms with Crippen LogP contribution in [0.25, 0.3) is 0 Å². The van der Waals surface area contributed by atoms with E-state index in [2.05, 4.69) is 12.2 Å². The summed E-state index contributed by atoms with van der Waals surface area (Å²) in [7, 11) is 0. The van der Waals surface area contributed by atoms with Gasteiger partial charge in [-0.15, -0.1) is 0 Å². The molecule has 2 rings (SSSR count). The molecule has 2 fully saturated rings. The molecule has 10 nitrogen and oxygen atoms in total. The molecule has 1 amide bonds. The lowest BCUT2D eigenvalue weighted by Crippen LogP contribution is -2.65. The van der Waals surface area contributed by atoms with Gasteiger partial charge in [0.05, 0.1) is 12.1 Å². The van der Waals surface area contributed by atoms with Crippen molar-refractivity contribution in [2.45, 2.75) is 101 Å².